The molecule has 2 aliphatic heterocycles. The summed E-state index contributed by atoms with van der Waals surface area (Å²) in [5.41, 5.74) is 0. The first kappa shape index (κ1) is 14.4. The minimum absolute atomic E-state index is 0.580. The van der Waals surface area contributed by atoms with Gasteiger partial charge in [0.1, 0.15) is 0 Å². The maximum atomic E-state index is 5.22. The predicted octanol–water partition coefficient (Wildman–Crippen LogP) is 2.76. The van der Waals surface area contributed by atoms with Gasteiger partial charge in [-0.05, 0) is 6.42 Å². The van der Waals surface area contributed by atoms with Crippen molar-refractivity contribution in [1.29, 1.82) is 0 Å². The molecule has 2 heterocycles. The molecule has 2 fully saturated rings. The maximum Gasteiger partial charge on any atom is 0.0900 e. The van der Waals surface area contributed by atoms with Crippen molar-refractivity contribution in [2.45, 2.75) is 30.8 Å². The van der Waals surface area contributed by atoms with E-state index in [4.69, 9.17) is 9.47 Å². The molecular formula is C12H22O2S3. The summed E-state index contributed by atoms with van der Waals surface area (Å²) >= 11 is 6.25. The summed E-state index contributed by atoms with van der Waals surface area (Å²) < 4.78 is 10.4. The second-order valence-electron chi connectivity index (χ2n) is 4.42. The van der Waals surface area contributed by atoms with Crippen LogP contribution in [0, 0.1) is 0 Å². The first-order valence-electron chi connectivity index (χ1n) is 6.38. The fourth-order valence-electron chi connectivity index (χ4n) is 1.43. The molecule has 0 aromatic rings. The Morgan fingerprint density at radius 1 is 1.06 bits per heavy atom. The van der Waals surface area contributed by atoms with Gasteiger partial charge in [-0.2, -0.15) is 35.3 Å². The molecule has 2 nitrogen and oxygen atoms in total. The van der Waals surface area contributed by atoms with E-state index in [-0.39, 0.29) is 0 Å². The van der Waals surface area contributed by atoms with Gasteiger partial charge in [-0.25, -0.2) is 0 Å². The lowest BCUT2D eigenvalue weighted by Crippen LogP contribution is -2.08. The number of hydrogen-bond donors (Lipinski definition) is 0. The Balaban J connectivity index is 1.39. The highest BCUT2D eigenvalue weighted by atomic mass is 32.2. The number of rotatable bonds is 11. The topological polar surface area (TPSA) is 25.1 Å². The molecule has 5 heteroatoms. The summed E-state index contributed by atoms with van der Waals surface area (Å²) in [6.45, 7) is 4.30. The van der Waals surface area contributed by atoms with Gasteiger partial charge in [-0.1, -0.05) is 6.92 Å². The smallest absolute Gasteiger partial charge is 0.0900 e. The Labute approximate surface area is 117 Å². The van der Waals surface area contributed by atoms with Crippen LogP contribution in [0.25, 0.3) is 0 Å². The van der Waals surface area contributed by atoms with Gasteiger partial charge in [0, 0.05) is 34.0 Å². The van der Waals surface area contributed by atoms with Gasteiger partial charge < -0.3 is 9.47 Å². The predicted molar refractivity (Wildman–Crippen MR) is 80.7 cm³/mol. The van der Waals surface area contributed by atoms with E-state index in [1.165, 1.54) is 35.2 Å². The van der Waals surface area contributed by atoms with Gasteiger partial charge in [0.05, 0.1) is 25.4 Å². The highest BCUT2D eigenvalue weighted by Crippen LogP contribution is 2.24. The molecule has 0 bridgehead atoms. The highest BCUT2D eigenvalue weighted by Gasteiger charge is 2.23. The molecule has 2 saturated heterocycles. The molecule has 2 rings (SSSR count). The van der Waals surface area contributed by atoms with E-state index in [0.29, 0.717) is 12.2 Å². The first-order chi connectivity index (χ1) is 8.38. The summed E-state index contributed by atoms with van der Waals surface area (Å²) in [6.07, 6.45) is 2.46. The van der Waals surface area contributed by atoms with Crippen molar-refractivity contribution < 1.29 is 9.47 Å². The SMILES string of the molecule is CCC(CSCC1CO1)SCCSCC1CO1. The summed E-state index contributed by atoms with van der Waals surface area (Å²) in [6, 6.07) is 0. The minimum Gasteiger partial charge on any atom is -0.372 e. The van der Waals surface area contributed by atoms with Crippen LogP contribution in [-0.4, -0.2) is 59.4 Å². The van der Waals surface area contributed by atoms with Crippen LogP contribution in [0.5, 0.6) is 0 Å². The molecule has 2 aliphatic rings. The second kappa shape index (κ2) is 8.20. The van der Waals surface area contributed by atoms with E-state index >= 15 is 0 Å². The Morgan fingerprint density at radius 2 is 1.71 bits per heavy atom. The van der Waals surface area contributed by atoms with Crippen molar-refractivity contribution in [3.05, 3.63) is 0 Å². The van der Waals surface area contributed by atoms with Gasteiger partial charge in [0.15, 0.2) is 0 Å². The van der Waals surface area contributed by atoms with Gasteiger partial charge in [0.2, 0.25) is 0 Å². The zero-order valence-electron chi connectivity index (χ0n) is 10.4. The third-order valence-corrected chi connectivity index (χ3v) is 6.98. The van der Waals surface area contributed by atoms with Crippen molar-refractivity contribution in [2.75, 3.05) is 42.0 Å². The molecule has 0 spiro atoms. The fraction of sp³-hybridized carbons (Fsp3) is 1.00. The molecule has 3 atom stereocenters. The van der Waals surface area contributed by atoms with E-state index in [0.717, 1.165) is 18.5 Å². The average Bonchev–Trinajstić information content (AvgIpc) is 3.20. The normalized spacial score (nSPS) is 28.1. The lowest BCUT2D eigenvalue weighted by atomic mass is 10.4. The van der Waals surface area contributed by atoms with Crippen LogP contribution in [0.2, 0.25) is 0 Å². The summed E-state index contributed by atoms with van der Waals surface area (Å²) in [4.78, 5) is 0. The number of epoxide rings is 2. The van der Waals surface area contributed by atoms with Crippen LogP contribution in [0.4, 0.5) is 0 Å². The van der Waals surface area contributed by atoms with Crippen LogP contribution in [0.3, 0.4) is 0 Å². The van der Waals surface area contributed by atoms with E-state index in [1.54, 1.807) is 0 Å². The van der Waals surface area contributed by atoms with Crippen molar-refractivity contribution in [3.8, 4) is 0 Å². The Morgan fingerprint density at radius 3 is 2.29 bits per heavy atom. The number of hydrogen-bond acceptors (Lipinski definition) is 5. The molecular weight excluding hydrogens is 272 g/mol. The van der Waals surface area contributed by atoms with Gasteiger partial charge in [-0.15, -0.1) is 0 Å². The average molecular weight is 295 g/mol. The Bertz CT molecular complexity index is 208. The molecule has 0 amide bonds. The zero-order chi connectivity index (χ0) is 11.9. The molecule has 3 unspecified atom stereocenters. The quantitative estimate of drug-likeness (QED) is 0.431. The molecule has 0 aromatic heterocycles. The largest absolute Gasteiger partial charge is 0.372 e. The third kappa shape index (κ3) is 7.21. The second-order valence-corrected chi connectivity index (χ2v) is 8.06. The van der Waals surface area contributed by atoms with Crippen LogP contribution in [0.15, 0.2) is 0 Å². The van der Waals surface area contributed by atoms with Gasteiger partial charge in [-0.3, -0.25) is 0 Å². The number of ether oxygens (including phenoxy) is 2. The Hall–Kier alpha value is 0.970. The van der Waals surface area contributed by atoms with Crippen LogP contribution in [0.1, 0.15) is 13.3 Å². The molecule has 0 aromatic carbocycles. The van der Waals surface area contributed by atoms with E-state index < -0.39 is 0 Å². The summed E-state index contributed by atoms with van der Waals surface area (Å²) in [5.74, 6) is 6.25. The monoisotopic (exact) mass is 294 g/mol. The number of thioether (sulfide) groups is 3. The van der Waals surface area contributed by atoms with Crippen molar-refractivity contribution >= 4 is 35.3 Å². The van der Waals surface area contributed by atoms with E-state index in [2.05, 4.69) is 30.4 Å². The van der Waals surface area contributed by atoms with Crippen LogP contribution >= 0.6 is 35.3 Å². The summed E-state index contributed by atoms with van der Waals surface area (Å²) in [5, 5.41) is 0.830. The molecule has 0 aliphatic carbocycles. The van der Waals surface area contributed by atoms with Crippen molar-refractivity contribution in [3.63, 3.8) is 0 Å². The zero-order valence-corrected chi connectivity index (χ0v) is 12.9. The van der Waals surface area contributed by atoms with E-state index in [9.17, 15) is 0 Å². The lowest BCUT2D eigenvalue weighted by molar-refractivity contribution is 0.426. The Kier molecular flexibility index (Phi) is 6.94. The maximum absolute atomic E-state index is 5.22. The molecule has 0 saturated carbocycles. The molecule has 100 valence electrons. The van der Waals surface area contributed by atoms with Crippen molar-refractivity contribution in [1.82, 2.24) is 0 Å². The third-order valence-electron chi connectivity index (χ3n) is 2.75. The van der Waals surface area contributed by atoms with Gasteiger partial charge in [0.25, 0.3) is 0 Å². The lowest BCUT2D eigenvalue weighted by Gasteiger charge is -2.13. The van der Waals surface area contributed by atoms with Gasteiger partial charge >= 0.3 is 0 Å². The van der Waals surface area contributed by atoms with Crippen molar-refractivity contribution in [2.24, 2.45) is 0 Å². The van der Waals surface area contributed by atoms with Crippen LogP contribution in [-0.2, 0) is 9.47 Å². The molecule has 0 N–H and O–H groups in total. The fourth-order valence-corrected chi connectivity index (χ4v) is 5.24. The highest BCUT2D eigenvalue weighted by molar-refractivity contribution is 8.04. The molecule has 17 heavy (non-hydrogen) atoms. The van der Waals surface area contributed by atoms with Crippen LogP contribution < -0.4 is 0 Å². The van der Waals surface area contributed by atoms with E-state index in [1.807, 2.05) is 11.8 Å². The molecule has 0 radical (unpaired) electrons. The summed E-state index contributed by atoms with van der Waals surface area (Å²) in [7, 11) is 0. The first-order valence-corrected chi connectivity index (χ1v) is 9.74. The minimum atomic E-state index is 0.580. The standard InChI is InChI=1S/C12H22O2S3/c1-2-12(9-16-8-11-6-14-11)17-4-3-15-7-10-5-13-10/h10-12H,2-9H2,1H3.